The lowest BCUT2D eigenvalue weighted by atomic mass is 10.1. The minimum atomic E-state index is -0.441. The Balaban J connectivity index is 1.69. The number of nitro groups is 1. The lowest BCUT2D eigenvalue weighted by Crippen LogP contribution is -2.17. The Morgan fingerprint density at radius 2 is 1.92 bits per heavy atom. The number of fused-ring (bicyclic) bond motifs is 1. The van der Waals surface area contributed by atoms with Crippen molar-refractivity contribution in [2.45, 2.75) is 6.92 Å². The number of nitrogens with zero attached hydrogens (tertiary/aromatic N) is 1. The fraction of sp³-hybridized carbons (Fsp3) is 0.235. The highest BCUT2D eigenvalue weighted by Crippen LogP contribution is 2.31. The van der Waals surface area contributed by atoms with Crippen molar-refractivity contribution in [3.63, 3.8) is 0 Å². The lowest BCUT2D eigenvalue weighted by Gasteiger charge is -2.18. The SMILES string of the molecule is Cc1ccc(NCC(=O)c2ccc3c(c2)OCCO3)cc1[N+](=O)[O-]. The standard InChI is InChI=1S/C17H16N2O5/c1-11-2-4-13(9-14(11)19(21)22)18-10-15(20)12-3-5-16-17(8-12)24-7-6-23-16/h2-5,8-9,18H,6-7,10H2,1H3. The fourth-order valence-electron chi connectivity index (χ4n) is 2.42. The van der Waals surface area contributed by atoms with Crippen LogP contribution in [0.2, 0.25) is 0 Å². The Morgan fingerprint density at radius 3 is 2.67 bits per heavy atom. The first-order valence-electron chi connectivity index (χ1n) is 7.46. The number of nitro benzene ring substituents is 1. The van der Waals surface area contributed by atoms with Crippen LogP contribution in [0.15, 0.2) is 36.4 Å². The van der Waals surface area contributed by atoms with Crippen LogP contribution in [0.3, 0.4) is 0 Å². The number of carbonyl (C=O) groups is 1. The number of carbonyl (C=O) groups excluding carboxylic acids is 1. The summed E-state index contributed by atoms with van der Waals surface area (Å²) >= 11 is 0. The van der Waals surface area contributed by atoms with Crippen molar-refractivity contribution in [1.82, 2.24) is 0 Å². The first-order valence-corrected chi connectivity index (χ1v) is 7.46. The van der Waals surface area contributed by atoms with Crippen LogP contribution in [0.1, 0.15) is 15.9 Å². The molecule has 0 aromatic heterocycles. The molecule has 1 N–H and O–H groups in total. The summed E-state index contributed by atoms with van der Waals surface area (Å²) < 4.78 is 10.9. The van der Waals surface area contributed by atoms with Gasteiger partial charge in [0.2, 0.25) is 0 Å². The van der Waals surface area contributed by atoms with Gasteiger partial charge in [-0.05, 0) is 31.2 Å². The molecule has 0 saturated carbocycles. The molecule has 0 radical (unpaired) electrons. The van der Waals surface area contributed by atoms with E-state index in [-0.39, 0.29) is 18.0 Å². The molecule has 1 aliphatic rings. The maximum absolute atomic E-state index is 12.3. The zero-order valence-electron chi connectivity index (χ0n) is 13.1. The number of aryl methyl sites for hydroxylation is 1. The second kappa shape index (κ2) is 6.57. The number of rotatable bonds is 5. The van der Waals surface area contributed by atoms with Gasteiger partial charge in [-0.25, -0.2) is 0 Å². The quantitative estimate of drug-likeness (QED) is 0.515. The zero-order valence-corrected chi connectivity index (χ0v) is 13.1. The molecule has 0 atom stereocenters. The Kier molecular flexibility index (Phi) is 4.33. The van der Waals surface area contributed by atoms with Gasteiger partial charge in [0.15, 0.2) is 17.3 Å². The lowest BCUT2D eigenvalue weighted by molar-refractivity contribution is -0.385. The van der Waals surface area contributed by atoms with E-state index in [9.17, 15) is 14.9 Å². The van der Waals surface area contributed by atoms with Gasteiger partial charge >= 0.3 is 0 Å². The van der Waals surface area contributed by atoms with E-state index < -0.39 is 4.92 Å². The van der Waals surface area contributed by atoms with Gasteiger partial charge in [-0.3, -0.25) is 14.9 Å². The highest BCUT2D eigenvalue weighted by Gasteiger charge is 2.15. The van der Waals surface area contributed by atoms with E-state index in [0.29, 0.717) is 41.5 Å². The van der Waals surface area contributed by atoms with Crippen LogP contribution >= 0.6 is 0 Å². The smallest absolute Gasteiger partial charge is 0.274 e. The average molecular weight is 328 g/mol. The van der Waals surface area contributed by atoms with E-state index in [1.165, 1.54) is 6.07 Å². The number of nitrogens with one attached hydrogen (secondary N) is 1. The average Bonchev–Trinajstić information content (AvgIpc) is 2.60. The molecule has 0 spiro atoms. The molecule has 24 heavy (non-hydrogen) atoms. The van der Waals surface area contributed by atoms with E-state index in [0.717, 1.165) is 0 Å². The molecular weight excluding hydrogens is 312 g/mol. The highest BCUT2D eigenvalue weighted by molar-refractivity contribution is 5.99. The van der Waals surface area contributed by atoms with Crippen LogP contribution in [0.4, 0.5) is 11.4 Å². The molecule has 7 heteroatoms. The Labute approximate surface area is 138 Å². The number of Topliss-reactive ketones (excluding diaryl/α,β-unsaturated/α-hetero) is 1. The van der Waals surface area contributed by atoms with Gasteiger partial charge in [-0.1, -0.05) is 6.07 Å². The monoisotopic (exact) mass is 328 g/mol. The maximum atomic E-state index is 12.3. The van der Waals surface area contributed by atoms with Crippen LogP contribution in [-0.2, 0) is 0 Å². The number of ketones is 1. The van der Waals surface area contributed by atoms with E-state index in [1.54, 1.807) is 37.3 Å². The Bertz CT molecular complexity index is 804. The number of anilines is 1. The molecule has 0 aliphatic carbocycles. The molecule has 0 amide bonds. The minimum Gasteiger partial charge on any atom is -0.486 e. The molecule has 7 nitrogen and oxygen atoms in total. The molecule has 0 fully saturated rings. The zero-order chi connectivity index (χ0) is 17.1. The van der Waals surface area contributed by atoms with Crippen LogP contribution in [0.25, 0.3) is 0 Å². The predicted molar refractivity (Wildman–Crippen MR) is 88.1 cm³/mol. The molecule has 1 aliphatic heterocycles. The normalized spacial score (nSPS) is 12.5. The summed E-state index contributed by atoms with van der Waals surface area (Å²) in [4.78, 5) is 22.8. The second-order valence-corrected chi connectivity index (χ2v) is 5.39. The van der Waals surface area contributed by atoms with Crippen molar-refractivity contribution in [1.29, 1.82) is 0 Å². The number of hydrogen-bond acceptors (Lipinski definition) is 6. The fourth-order valence-corrected chi connectivity index (χ4v) is 2.42. The summed E-state index contributed by atoms with van der Waals surface area (Å²) in [6.07, 6.45) is 0. The van der Waals surface area contributed by atoms with Crippen LogP contribution in [-0.4, -0.2) is 30.5 Å². The first kappa shape index (κ1) is 15.8. The van der Waals surface area contributed by atoms with Crippen LogP contribution < -0.4 is 14.8 Å². The van der Waals surface area contributed by atoms with Gasteiger partial charge in [-0.15, -0.1) is 0 Å². The molecule has 0 unspecified atom stereocenters. The van der Waals surface area contributed by atoms with E-state index in [2.05, 4.69) is 5.32 Å². The van der Waals surface area contributed by atoms with Gasteiger partial charge in [-0.2, -0.15) is 0 Å². The number of hydrogen-bond donors (Lipinski definition) is 1. The van der Waals surface area contributed by atoms with E-state index in [4.69, 9.17) is 9.47 Å². The third-order valence-electron chi connectivity index (χ3n) is 3.72. The topological polar surface area (TPSA) is 90.7 Å². The van der Waals surface area contributed by atoms with Gasteiger partial charge in [0, 0.05) is 22.9 Å². The van der Waals surface area contributed by atoms with E-state index in [1.807, 2.05) is 0 Å². The Morgan fingerprint density at radius 1 is 1.17 bits per heavy atom. The van der Waals surface area contributed by atoms with Crippen LogP contribution in [0.5, 0.6) is 11.5 Å². The summed E-state index contributed by atoms with van der Waals surface area (Å²) in [5, 5.41) is 13.9. The van der Waals surface area contributed by atoms with E-state index >= 15 is 0 Å². The molecule has 3 rings (SSSR count). The molecule has 0 saturated heterocycles. The van der Waals surface area contributed by atoms with Crippen molar-refractivity contribution < 1.29 is 19.2 Å². The third-order valence-corrected chi connectivity index (χ3v) is 3.72. The molecule has 2 aromatic carbocycles. The summed E-state index contributed by atoms with van der Waals surface area (Å²) in [5.74, 6) is 1.04. The van der Waals surface area contributed by atoms with Crippen molar-refractivity contribution in [3.8, 4) is 11.5 Å². The summed E-state index contributed by atoms with van der Waals surface area (Å²) in [6.45, 7) is 2.64. The Hall–Kier alpha value is -3.09. The van der Waals surface area contributed by atoms with Crippen molar-refractivity contribution in [2.75, 3.05) is 25.1 Å². The highest BCUT2D eigenvalue weighted by atomic mass is 16.6. The number of benzene rings is 2. The molecule has 2 aromatic rings. The van der Waals surface area contributed by atoms with Gasteiger partial charge in [0.05, 0.1) is 11.5 Å². The molecular formula is C17H16N2O5. The molecule has 0 bridgehead atoms. The summed E-state index contributed by atoms with van der Waals surface area (Å²) in [6, 6.07) is 9.81. The third kappa shape index (κ3) is 3.29. The van der Waals surface area contributed by atoms with Gasteiger partial charge < -0.3 is 14.8 Å². The largest absolute Gasteiger partial charge is 0.486 e. The second-order valence-electron chi connectivity index (χ2n) is 5.39. The number of ether oxygens (including phenoxy) is 2. The summed E-state index contributed by atoms with van der Waals surface area (Å²) in [5.41, 5.74) is 1.61. The van der Waals surface area contributed by atoms with Gasteiger partial charge in [0.25, 0.3) is 5.69 Å². The molecule has 124 valence electrons. The van der Waals surface area contributed by atoms with Crippen molar-refractivity contribution in [3.05, 3.63) is 57.6 Å². The maximum Gasteiger partial charge on any atom is 0.274 e. The minimum absolute atomic E-state index is 0.0202. The van der Waals surface area contributed by atoms with Gasteiger partial charge in [0.1, 0.15) is 13.2 Å². The van der Waals surface area contributed by atoms with Crippen LogP contribution in [0, 0.1) is 17.0 Å². The van der Waals surface area contributed by atoms with Crippen molar-refractivity contribution in [2.24, 2.45) is 0 Å². The predicted octanol–water partition coefficient (Wildman–Crippen LogP) is 2.97. The summed E-state index contributed by atoms with van der Waals surface area (Å²) in [7, 11) is 0. The molecule has 1 heterocycles. The van der Waals surface area contributed by atoms with Crippen molar-refractivity contribution >= 4 is 17.2 Å². The first-order chi connectivity index (χ1) is 11.5.